The summed E-state index contributed by atoms with van der Waals surface area (Å²) in [6.07, 6.45) is 1.77. The molecule has 3 nitrogen and oxygen atoms in total. The van der Waals surface area contributed by atoms with Crippen molar-refractivity contribution in [1.29, 1.82) is 0 Å². The summed E-state index contributed by atoms with van der Waals surface area (Å²) in [5, 5.41) is 3.21. The van der Waals surface area contributed by atoms with Gasteiger partial charge in [0.1, 0.15) is 0 Å². The van der Waals surface area contributed by atoms with Gasteiger partial charge in [-0.2, -0.15) is 12.6 Å². The largest absolute Gasteiger partial charge is 0.313 e. The third-order valence-corrected chi connectivity index (χ3v) is 4.08. The number of nitrogens with one attached hydrogen (secondary N) is 1. The molecule has 5 heteroatoms. The smallest absolute Gasteiger partial charge is 0.151 e. The van der Waals surface area contributed by atoms with Gasteiger partial charge in [0, 0.05) is 6.04 Å². The summed E-state index contributed by atoms with van der Waals surface area (Å²) in [6.45, 7) is 0.879. The first-order valence-electron chi connectivity index (χ1n) is 4.19. The topological polar surface area (TPSA) is 46.2 Å². The Morgan fingerprint density at radius 3 is 2.75 bits per heavy atom. The Morgan fingerprint density at radius 2 is 2.25 bits per heavy atom. The van der Waals surface area contributed by atoms with Crippen LogP contribution in [0.3, 0.4) is 0 Å². The molecular weight excluding hydrogens is 194 g/mol. The zero-order valence-electron chi connectivity index (χ0n) is 6.99. The first-order chi connectivity index (χ1) is 5.64. The summed E-state index contributed by atoms with van der Waals surface area (Å²) in [5.41, 5.74) is 0. The van der Waals surface area contributed by atoms with Crippen molar-refractivity contribution in [2.24, 2.45) is 0 Å². The van der Waals surface area contributed by atoms with E-state index in [4.69, 9.17) is 0 Å². The summed E-state index contributed by atoms with van der Waals surface area (Å²) in [5.74, 6) is 1.53. The number of rotatable bonds is 4. The molecule has 1 aliphatic heterocycles. The van der Waals surface area contributed by atoms with E-state index in [0.717, 1.165) is 25.1 Å². The molecule has 0 spiro atoms. The Labute approximate surface area is 79.3 Å². The van der Waals surface area contributed by atoms with Crippen LogP contribution in [0.1, 0.15) is 12.8 Å². The molecule has 0 saturated carbocycles. The van der Waals surface area contributed by atoms with Crippen LogP contribution < -0.4 is 5.32 Å². The average molecular weight is 209 g/mol. The van der Waals surface area contributed by atoms with Crippen LogP contribution in [-0.2, 0) is 9.84 Å². The summed E-state index contributed by atoms with van der Waals surface area (Å²) in [4.78, 5) is 0. The Hall–Kier alpha value is 0.260. The summed E-state index contributed by atoms with van der Waals surface area (Å²) >= 11 is 4.07. The van der Waals surface area contributed by atoms with Gasteiger partial charge in [0.15, 0.2) is 9.84 Å². The molecule has 0 aromatic carbocycles. The van der Waals surface area contributed by atoms with Gasteiger partial charge in [0.2, 0.25) is 0 Å². The van der Waals surface area contributed by atoms with Gasteiger partial charge in [0.25, 0.3) is 0 Å². The Bertz CT molecular complexity index is 226. The second-order valence-electron chi connectivity index (χ2n) is 3.13. The van der Waals surface area contributed by atoms with Crippen LogP contribution >= 0.6 is 12.6 Å². The number of hydrogen-bond donors (Lipinski definition) is 2. The summed E-state index contributed by atoms with van der Waals surface area (Å²) < 4.78 is 22.0. The number of hydrogen-bond acceptors (Lipinski definition) is 4. The van der Waals surface area contributed by atoms with Crippen molar-refractivity contribution in [3.63, 3.8) is 0 Å². The van der Waals surface area contributed by atoms with Gasteiger partial charge in [-0.3, -0.25) is 0 Å². The predicted molar refractivity (Wildman–Crippen MR) is 53.5 cm³/mol. The molecule has 1 saturated heterocycles. The van der Waals surface area contributed by atoms with E-state index in [9.17, 15) is 8.42 Å². The van der Waals surface area contributed by atoms with Crippen molar-refractivity contribution < 1.29 is 8.42 Å². The lowest BCUT2D eigenvalue weighted by molar-refractivity contribution is 0.553. The fourth-order valence-electron chi connectivity index (χ4n) is 1.34. The maximum absolute atomic E-state index is 11.0. The SMILES string of the molecule is O=S1(=O)CCC(NCCCS)C1. The van der Waals surface area contributed by atoms with Gasteiger partial charge < -0.3 is 5.32 Å². The lowest BCUT2D eigenvalue weighted by atomic mass is 10.2. The van der Waals surface area contributed by atoms with Gasteiger partial charge in [0.05, 0.1) is 11.5 Å². The molecule has 0 aliphatic carbocycles. The molecule has 1 atom stereocenters. The standard InChI is InChI=1S/C7H15NO2S2/c9-12(10)5-2-7(6-12)8-3-1-4-11/h7-8,11H,1-6H2. The highest BCUT2D eigenvalue weighted by atomic mass is 32.2. The molecular formula is C7H15NO2S2. The van der Waals surface area contributed by atoms with Gasteiger partial charge in [-0.05, 0) is 25.1 Å². The van der Waals surface area contributed by atoms with Crippen LogP contribution in [0.2, 0.25) is 0 Å². The van der Waals surface area contributed by atoms with Crippen molar-refractivity contribution in [3.8, 4) is 0 Å². The Balaban J connectivity index is 2.20. The van der Waals surface area contributed by atoms with Crippen molar-refractivity contribution in [2.75, 3.05) is 23.8 Å². The van der Waals surface area contributed by atoms with Crippen LogP contribution in [-0.4, -0.2) is 38.3 Å². The van der Waals surface area contributed by atoms with E-state index in [0.29, 0.717) is 11.5 Å². The quantitative estimate of drug-likeness (QED) is 0.509. The maximum Gasteiger partial charge on any atom is 0.151 e. The molecule has 12 heavy (non-hydrogen) atoms. The van der Waals surface area contributed by atoms with Crippen LogP contribution in [0.4, 0.5) is 0 Å². The van der Waals surface area contributed by atoms with Crippen LogP contribution in [0.25, 0.3) is 0 Å². The van der Waals surface area contributed by atoms with Crippen molar-refractivity contribution in [3.05, 3.63) is 0 Å². The third kappa shape index (κ3) is 3.33. The van der Waals surface area contributed by atoms with E-state index in [1.165, 1.54) is 0 Å². The Kier molecular flexibility index (Phi) is 3.86. The highest BCUT2D eigenvalue weighted by Gasteiger charge is 2.26. The summed E-state index contributed by atoms with van der Waals surface area (Å²) in [6, 6.07) is 0.190. The minimum atomic E-state index is -2.71. The van der Waals surface area contributed by atoms with E-state index >= 15 is 0 Å². The van der Waals surface area contributed by atoms with Crippen molar-refractivity contribution in [1.82, 2.24) is 5.32 Å². The molecule has 1 rings (SSSR count). The maximum atomic E-state index is 11.0. The zero-order valence-corrected chi connectivity index (χ0v) is 8.70. The molecule has 1 N–H and O–H groups in total. The van der Waals surface area contributed by atoms with E-state index in [1.807, 2.05) is 0 Å². The molecule has 0 amide bonds. The van der Waals surface area contributed by atoms with Crippen LogP contribution in [0.15, 0.2) is 0 Å². The zero-order chi connectivity index (χ0) is 9.03. The minimum Gasteiger partial charge on any atom is -0.313 e. The molecule has 72 valence electrons. The molecule has 1 heterocycles. The van der Waals surface area contributed by atoms with Crippen molar-refractivity contribution >= 4 is 22.5 Å². The lowest BCUT2D eigenvalue weighted by Crippen LogP contribution is -2.30. The third-order valence-electron chi connectivity index (χ3n) is 2.00. The molecule has 1 aliphatic rings. The monoisotopic (exact) mass is 209 g/mol. The first kappa shape index (κ1) is 10.3. The lowest BCUT2D eigenvalue weighted by Gasteiger charge is -2.08. The average Bonchev–Trinajstić information content (AvgIpc) is 2.31. The highest BCUT2D eigenvalue weighted by molar-refractivity contribution is 7.91. The molecule has 1 unspecified atom stereocenters. The van der Waals surface area contributed by atoms with Crippen molar-refractivity contribution in [2.45, 2.75) is 18.9 Å². The molecule has 0 aromatic heterocycles. The number of thiol groups is 1. The van der Waals surface area contributed by atoms with Gasteiger partial charge in [-0.15, -0.1) is 0 Å². The van der Waals surface area contributed by atoms with Gasteiger partial charge in [-0.25, -0.2) is 8.42 Å². The normalized spacial score (nSPS) is 27.6. The predicted octanol–water partition coefficient (Wildman–Crippen LogP) is 0.0830. The molecule has 0 aromatic rings. The fraction of sp³-hybridized carbons (Fsp3) is 1.00. The number of sulfone groups is 1. The molecule has 0 bridgehead atoms. The second-order valence-corrected chi connectivity index (χ2v) is 5.81. The van der Waals surface area contributed by atoms with Crippen LogP contribution in [0.5, 0.6) is 0 Å². The van der Waals surface area contributed by atoms with Crippen LogP contribution in [0, 0.1) is 0 Å². The molecule has 1 fully saturated rings. The van der Waals surface area contributed by atoms with E-state index in [2.05, 4.69) is 17.9 Å². The highest BCUT2D eigenvalue weighted by Crippen LogP contribution is 2.10. The van der Waals surface area contributed by atoms with Gasteiger partial charge >= 0.3 is 0 Å². The van der Waals surface area contributed by atoms with Gasteiger partial charge in [-0.1, -0.05) is 0 Å². The van der Waals surface area contributed by atoms with E-state index < -0.39 is 9.84 Å². The summed E-state index contributed by atoms with van der Waals surface area (Å²) in [7, 11) is -2.71. The van der Waals surface area contributed by atoms with E-state index in [-0.39, 0.29) is 6.04 Å². The first-order valence-corrected chi connectivity index (χ1v) is 6.64. The molecule has 0 radical (unpaired) electrons. The van der Waals surface area contributed by atoms with E-state index in [1.54, 1.807) is 0 Å². The Morgan fingerprint density at radius 1 is 1.50 bits per heavy atom. The second kappa shape index (κ2) is 4.48. The minimum absolute atomic E-state index is 0.190. The fourth-order valence-corrected chi connectivity index (χ4v) is 3.21.